The minimum absolute atomic E-state index is 0.0991. The molecule has 0 aromatic carbocycles. The first-order valence-corrected chi connectivity index (χ1v) is 32.7. The average molecular weight is 1090 g/mol. The van der Waals surface area contributed by atoms with Crippen LogP contribution in [0.4, 0.5) is 0 Å². The first-order chi connectivity index (χ1) is 39.0. The van der Waals surface area contributed by atoms with Crippen molar-refractivity contribution in [3.05, 3.63) is 134 Å². The van der Waals surface area contributed by atoms with Crippen molar-refractivity contribution in [1.29, 1.82) is 0 Å². The minimum atomic E-state index is -0.805. The zero-order chi connectivity index (χ0) is 57.1. The highest BCUT2D eigenvalue weighted by Crippen LogP contribution is 2.14. The number of ether oxygens (including phenoxy) is 3. The van der Waals surface area contributed by atoms with Gasteiger partial charge < -0.3 is 14.2 Å². The monoisotopic (exact) mass is 1090 g/mol. The molecule has 0 saturated heterocycles. The summed E-state index contributed by atoms with van der Waals surface area (Å²) in [6, 6.07) is 0. The Morgan fingerprint density at radius 3 is 0.797 bits per heavy atom. The van der Waals surface area contributed by atoms with Gasteiger partial charge >= 0.3 is 17.9 Å². The minimum Gasteiger partial charge on any atom is -0.462 e. The maximum atomic E-state index is 12.9. The third-order valence-electron chi connectivity index (χ3n) is 13.6. The van der Waals surface area contributed by atoms with Gasteiger partial charge in [-0.05, 0) is 141 Å². The summed E-state index contributed by atoms with van der Waals surface area (Å²) in [6.45, 7) is 6.48. The summed E-state index contributed by atoms with van der Waals surface area (Å²) in [6.07, 6.45) is 93.1. The molecule has 6 nitrogen and oxygen atoms in total. The molecule has 79 heavy (non-hydrogen) atoms. The van der Waals surface area contributed by atoms with Gasteiger partial charge in [-0.25, -0.2) is 0 Å². The number of unbranched alkanes of at least 4 members (excludes halogenated alkanes) is 25. The molecule has 0 aliphatic rings. The molecule has 1 atom stereocenters. The van der Waals surface area contributed by atoms with Crippen molar-refractivity contribution in [1.82, 2.24) is 0 Å². The number of hydrogen-bond donors (Lipinski definition) is 0. The van der Waals surface area contributed by atoms with Gasteiger partial charge in [0, 0.05) is 19.3 Å². The Kier molecular flexibility index (Phi) is 62.3. The number of hydrogen-bond acceptors (Lipinski definition) is 6. The summed E-state index contributed by atoms with van der Waals surface area (Å²) in [4.78, 5) is 38.3. The van der Waals surface area contributed by atoms with Crippen molar-refractivity contribution in [2.24, 2.45) is 0 Å². The lowest BCUT2D eigenvalue weighted by Crippen LogP contribution is -2.30. The molecule has 0 aliphatic heterocycles. The normalized spacial score (nSPS) is 13.0. The molecule has 0 spiro atoms. The van der Waals surface area contributed by atoms with Crippen LogP contribution in [0.1, 0.15) is 290 Å². The van der Waals surface area contributed by atoms with Gasteiger partial charge in [-0.15, -0.1) is 0 Å². The van der Waals surface area contributed by atoms with E-state index in [9.17, 15) is 14.4 Å². The van der Waals surface area contributed by atoms with Gasteiger partial charge in [0.15, 0.2) is 6.10 Å². The van der Waals surface area contributed by atoms with E-state index in [1.165, 1.54) is 89.9 Å². The van der Waals surface area contributed by atoms with Crippen LogP contribution in [0.5, 0.6) is 0 Å². The number of carbonyl (C=O) groups is 3. The number of allylic oxidation sites excluding steroid dienone is 22. The van der Waals surface area contributed by atoms with E-state index >= 15 is 0 Å². The van der Waals surface area contributed by atoms with Crippen molar-refractivity contribution < 1.29 is 28.6 Å². The Bertz CT molecular complexity index is 1680. The first-order valence-electron chi connectivity index (χ1n) is 32.7. The fraction of sp³-hybridized carbons (Fsp3) is 0.658. The van der Waals surface area contributed by atoms with E-state index in [0.717, 1.165) is 161 Å². The van der Waals surface area contributed by atoms with E-state index in [1.54, 1.807) is 0 Å². The van der Waals surface area contributed by atoms with E-state index in [-0.39, 0.29) is 31.1 Å². The summed E-state index contributed by atoms with van der Waals surface area (Å²) in [5.74, 6) is -0.944. The topological polar surface area (TPSA) is 78.9 Å². The smallest absolute Gasteiger partial charge is 0.306 e. The molecule has 0 aromatic rings. The molecule has 1 unspecified atom stereocenters. The fourth-order valence-electron chi connectivity index (χ4n) is 8.72. The van der Waals surface area contributed by atoms with Crippen molar-refractivity contribution in [2.75, 3.05) is 13.2 Å². The van der Waals surface area contributed by atoms with E-state index < -0.39 is 6.10 Å². The van der Waals surface area contributed by atoms with Crippen LogP contribution in [-0.4, -0.2) is 37.2 Å². The lowest BCUT2D eigenvalue weighted by atomic mass is 10.1. The Labute approximate surface area is 487 Å². The third kappa shape index (κ3) is 64.3. The molecular formula is C73H120O6. The van der Waals surface area contributed by atoms with Crippen LogP contribution in [0, 0.1) is 0 Å². The zero-order valence-electron chi connectivity index (χ0n) is 51.3. The predicted molar refractivity (Wildman–Crippen MR) is 343 cm³/mol. The van der Waals surface area contributed by atoms with Gasteiger partial charge in [-0.1, -0.05) is 264 Å². The quantitative estimate of drug-likeness (QED) is 0.0261. The van der Waals surface area contributed by atoms with E-state index in [0.29, 0.717) is 19.3 Å². The molecular weight excluding hydrogens is 973 g/mol. The fourth-order valence-corrected chi connectivity index (χ4v) is 8.72. The van der Waals surface area contributed by atoms with Crippen LogP contribution in [0.15, 0.2) is 134 Å². The SMILES string of the molecule is CC/C=C\C/C=C\C/C=C\C/C=C\C/C=C\C/C=C\C/C=C\C/C=C\CCCCCCC(=O)OCC(COC(=O)CCCCCCC/C=C\CCCCCCCCC)OC(=O)CCCCCCC/C=C\C/C=C\CCCCCC. The molecule has 0 N–H and O–H groups in total. The van der Waals surface area contributed by atoms with Crippen molar-refractivity contribution in [3.63, 3.8) is 0 Å². The predicted octanol–water partition coefficient (Wildman–Crippen LogP) is 22.5. The molecule has 0 aromatic heterocycles. The van der Waals surface area contributed by atoms with Crippen molar-refractivity contribution >= 4 is 17.9 Å². The zero-order valence-corrected chi connectivity index (χ0v) is 51.3. The molecule has 0 radical (unpaired) electrons. The summed E-state index contributed by atoms with van der Waals surface area (Å²) in [5.41, 5.74) is 0. The molecule has 0 amide bonds. The van der Waals surface area contributed by atoms with E-state index in [1.807, 2.05) is 0 Å². The molecule has 0 rings (SSSR count). The van der Waals surface area contributed by atoms with Crippen LogP contribution >= 0.6 is 0 Å². The maximum absolute atomic E-state index is 12.9. The van der Waals surface area contributed by atoms with E-state index in [4.69, 9.17) is 14.2 Å². The number of esters is 3. The van der Waals surface area contributed by atoms with Gasteiger partial charge in [0.25, 0.3) is 0 Å². The Morgan fingerprint density at radius 1 is 0.266 bits per heavy atom. The van der Waals surface area contributed by atoms with Gasteiger partial charge in [-0.2, -0.15) is 0 Å². The largest absolute Gasteiger partial charge is 0.462 e. The maximum Gasteiger partial charge on any atom is 0.306 e. The van der Waals surface area contributed by atoms with Gasteiger partial charge in [0.2, 0.25) is 0 Å². The first kappa shape index (κ1) is 74.5. The highest BCUT2D eigenvalue weighted by molar-refractivity contribution is 5.71. The van der Waals surface area contributed by atoms with Crippen molar-refractivity contribution in [3.8, 4) is 0 Å². The lowest BCUT2D eigenvalue weighted by Gasteiger charge is -2.18. The number of rotatable bonds is 58. The van der Waals surface area contributed by atoms with Crippen LogP contribution in [-0.2, 0) is 28.6 Å². The van der Waals surface area contributed by atoms with Gasteiger partial charge in [0.05, 0.1) is 0 Å². The highest BCUT2D eigenvalue weighted by atomic mass is 16.6. The molecule has 448 valence electrons. The second-order valence-electron chi connectivity index (χ2n) is 21.3. The lowest BCUT2D eigenvalue weighted by molar-refractivity contribution is -0.167. The van der Waals surface area contributed by atoms with Crippen molar-refractivity contribution in [2.45, 2.75) is 297 Å². The molecule has 0 fully saturated rings. The second kappa shape index (κ2) is 66.1. The Morgan fingerprint density at radius 2 is 0.494 bits per heavy atom. The summed E-state index contributed by atoms with van der Waals surface area (Å²) in [5, 5.41) is 0. The van der Waals surface area contributed by atoms with Crippen LogP contribution < -0.4 is 0 Å². The molecule has 6 heteroatoms. The Balaban J connectivity index is 4.43. The van der Waals surface area contributed by atoms with Crippen LogP contribution in [0.2, 0.25) is 0 Å². The summed E-state index contributed by atoms with van der Waals surface area (Å²) in [7, 11) is 0. The Hall–Kier alpha value is -4.45. The van der Waals surface area contributed by atoms with Crippen LogP contribution in [0.3, 0.4) is 0 Å². The highest BCUT2D eigenvalue weighted by Gasteiger charge is 2.19. The standard InChI is InChI=1S/C73H120O6/c1-4-7-10-13-16-19-22-25-28-31-32-33-34-35-36-37-38-39-40-41-42-43-46-48-51-54-57-60-63-66-72(75)78-69-70(79-73(76)67-64-61-58-55-52-49-45-30-27-24-21-18-15-12-9-6-3)68-77-71(74)65-62-59-56-53-50-47-44-29-26-23-20-17-14-11-8-5-2/h7,10,16,19,21,24-25,28-30,32-33,35-36,38-39,41-42,44-46,48,70H,4-6,8-9,11-15,17-18,20,22-23,26-27,31,34,37,40,43,47,49-69H2,1-3H3/b10-7-,19-16-,24-21-,28-25-,33-32-,36-35-,39-38-,42-41-,44-29-,45-30-,48-46-. The number of carbonyl (C=O) groups excluding carboxylic acids is 3. The van der Waals surface area contributed by atoms with Gasteiger partial charge in [0.1, 0.15) is 13.2 Å². The van der Waals surface area contributed by atoms with Crippen LogP contribution in [0.25, 0.3) is 0 Å². The summed E-state index contributed by atoms with van der Waals surface area (Å²) >= 11 is 0. The average Bonchev–Trinajstić information content (AvgIpc) is 3.45. The molecule has 0 saturated carbocycles. The third-order valence-corrected chi connectivity index (χ3v) is 13.6. The van der Waals surface area contributed by atoms with Gasteiger partial charge in [-0.3, -0.25) is 14.4 Å². The second-order valence-corrected chi connectivity index (χ2v) is 21.3. The molecule has 0 heterocycles. The molecule has 0 bridgehead atoms. The van der Waals surface area contributed by atoms with E-state index in [2.05, 4.69) is 154 Å². The summed E-state index contributed by atoms with van der Waals surface area (Å²) < 4.78 is 16.9. The molecule has 0 aliphatic carbocycles.